The van der Waals surface area contributed by atoms with Gasteiger partial charge in [-0.3, -0.25) is 14.7 Å². The highest BCUT2D eigenvalue weighted by molar-refractivity contribution is 5.78. The molecule has 0 saturated carbocycles. The highest BCUT2D eigenvalue weighted by Crippen LogP contribution is 2.28. The van der Waals surface area contributed by atoms with E-state index in [-0.39, 0.29) is 17.6 Å². The molecule has 2 aromatic rings. The number of hydrogen-bond acceptors (Lipinski definition) is 4. The van der Waals surface area contributed by atoms with E-state index in [0.29, 0.717) is 37.6 Å². The minimum Gasteiger partial charge on any atom is -0.379 e. The van der Waals surface area contributed by atoms with Crippen molar-refractivity contribution in [3.8, 4) is 11.3 Å². The summed E-state index contributed by atoms with van der Waals surface area (Å²) in [6.07, 6.45) is 1.96. The van der Waals surface area contributed by atoms with Crippen LogP contribution >= 0.6 is 0 Å². The molecule has 1 unspecified atom stereocenters. The fourth-order valence-electron chi connectivity index (χ4n) is 3.99. The number of hydrogen-bond donors (Lipinski definition) is 0. The Labute approximate surface area is 165 Å². The van der Waals surface area contributed by atoms with Gasteiger partial charge in [-0.1, -0.05) is 18.2 Å². The van der Waals surface area contributed by atoms with Gasteiger partial charge in [-0.15, -0.1) is 0 Å². The minimum atomic E-state index is -0.266. The lowest BCUT2D eigenvalue weighted by Gasteiger charge is -2.35. The highest BCUT2D eigenvalue weighted by Gasteiger charge is 2.27. The maximum absolute atomic E-state index is 14.1. The molecule has 1 atom stereocenters. The number of carbonyl (C=O) groups is 1. The summed E-state index contributed by atoms with van der Waals surface area (Å²) in [6.45, 7) is 4.96. The lowest BCUT2D eigenvalue weighted by Crippen LogP contribution is -2.47. The molecule has 3 heterocycles. The number of nitrogens with zero attached hydrogens (tertiary/aromatic N) is 3. The molecule has 0 aliphatic carbocycles. The van der Waals surface area contributed by atoms with Gasteiger partial charge in [0.1, 0.15) is 5.82 Å². The average Bonchev–Trinajstić information content (AvgIpc) is 2.75. The third-order valence-corrected chi connectivity index (χ3v) is 5.58. The summed E-state index contributed by atoms with van der Waals surface area (Å²) in [4.78, 5) is 21.6. The van der Waals surface area contributed by atoms with Gasteiger partial charge >= 0.3 is 0 Å². The minimum absolute atomic E-state index is 0.178. The molecule has 1 aromatic heterocycles. The first-order valence-corrected chi connectivity index (χ1v) is 10.0. The number of amides is 1. The molecule has 0 radical (unpaired) electrons. The highest BCUT2D eigenvalue weighted by atomic mass is 19.1. The maximum Gasteiger partial charge on any atom is 0.236 e. The summed E-state index contributed by atoms with van der Waals surface area (Å²) in [5.74, 6) is 0.101. The van der Waals surface area contributed by atoms with Crippen molar-refractivity contribution in [3.05, 3.63) is 54.0 Å². The smallest absolute Gasteiger partial charge is 0.236 e. The molecular formula is C22H26FN3O2. The first-order valence-electron chi connectivity index (χ1n) is 10.0. The van der Waals surface area contributed by atoms with Crippen molar-refractivity contribution in [1.29, 1.82) is 0 Å². The van der Waals surface area contributed by atoms with Gasteiger partial charge in [0.15, 0.2) is 0 Å². The molecular weight excluding hydrogens is 357 g/mol. The summed E-state index contributed by atoms with van der Waals surface area (Å²) in [6, 6.07) is 12.5. The quantitative estimate of drug-likeness (QED) is 0.814. The van der Waals surface area contributed by atoms with Crippen LogP contribution in [0.25, 0.3) is 11.3 Å². The number of carbonyl (C=O) groups excluding carboxylic acids is 1. The molecule has 2 fully saturated rings. The van der Waals surface area contributed by atoms with Crippen LogP contribution in [0.4, 0.5) is 4.39 Å². The van der Waals surface area contributed by atoms with Gasteiger partial charge in [-0.25, -0.2) is 4.39 Å². The van der Waals surface area contributed by atoms with Crippen molar-refractivity contribution in [3.63, 3.8) is 0 Å². The Morgan fingerprint density at radius 1 is 1.11 bits per heavy atom. The first-order chi connectivity index (χ1) is 13.7. The molecule has 2 aliphatic heterocycles. The Morgan fingerprint density at radius 3 is 2.75 bits per heavy atom. The van der Waals surface area contributed by atoms with Crippen LogP contribution in [-0.2, 0) is 9.53 Å². The predicted molar refractivity (Wildman–Crippen MR) is 105 cm³/mol. The summed E-state index contributed by atoms with van der Waals surface area (Å²) >= 11 is 0. The molecule has 6 heteroatoms. The van der Waals surface area contributed by atoms with Crippen LogP contribution in [0.1, 0.15) is 24.5 Å². The topological polar surface area (TPSA) is 45.7 Å². The van der Waals surface area contributed by atoms with Crippen LogP contribution in [0.5, 0.6) is 0 Å². The molecule has 2 aliphatic rings. The number of pyridine rings is 1. The number of aromatic nitrogens is 1. The Kier molecular flexibility index (Phi) is 5.98. The zero-order chi connectivity index (χ0) is 19.3. The van der Waals surface area contributed by atoms with E-state index < -0.39 is 0 Å². The van der Waals surface area contributed by atoms with Crippen molar-refractivity contribution in [1.82, 2.24) is 14.8 Å². The standard InChI is InChI=1S/C22H26FN3O2/c23-19-7-2-1-6-18(19)21-9-3-8-20(24-21)17-5-4-10-26(15-17)22(27)16-25-11-13-28-14-12-25/h1-3,6-9,17H,4-5,10-16H2. The molecule has 2 saturated heterocycles. The van der Waals surface area contributed by atoms with E-state index in [4.69, 9.17) is 9.72 Å². The van der Waals surface area contributed by atoms with Crippen LogP contribution in [0.2, 0.25) is 0 Å². The molecule has 1 aromatic carbocycles. The SMILES string of the molecule is O=C(CN1CCOCC1)N1CCCC(c2cccc(-c3ccccc3F)n2)C1. The van der Waals surface area contributed by atoms with Crippen LogP contribution in [0, 0.1) is 5.82 Å². The first kappa shape index (κ1) is 19.0. The van der Waals surface area contributed by atoms with Gasteiger partial charge in [0, 0.05) is 43.4 Å². The zero-order valence-corrected chi connectivity index (χ0v) is 16.0. The van der Waals surface area contributed by atoms with Gasteiger partial charge in [-0.05, 0) is 37.1 Å². The van der Waals surface area contributed by atoms with Gasteiger partial charge in [0.2, 0.25) is 5.91 Å². The van der Waals surface area contributed by atoms with E-state index >= 15 is 0 Å². The fraction of sp³-hybridized carbons (Fsp3) is 0.455. The molecule has 1 amide bonds. The lowest BCUT2D eigenvalue weighted by atomic mass is 9.93. The molecule has 0 spiro atoms. The van der Waals surface area contributed by atoms with Gasteiger partial charge in [0.25, 0.3) is 0 Å². The number of piperidine rings is 1. The second-order valence-corrected chi connectivity index (χ2v) is 7.49. The number of rotatable bonds is 4. The molecule has 0 N–H and O–H groups in total. The summed E-state index contributed by atoms with van der Waals surface area (Å²) in [7, 11) is 0. The third-order valence-electron chi connectivity index (χ3n) is 5.58. The maximum atomic E-state index is 14.1. The monoisotopic (exact) mass is 383 g/mol. The Morgan fingerprint density at radius 2 is 1.93 bits per heavy atom. The number of ether oxygens (including phenoxy) is 1. The number of benzene rings is 1. The van der Waals surface area contributed by atoms with E-state index in [2.05, 4.69) is 4.90 Å². The molecule has 5 nitrogen and oxygen atoms in total. The summed E-state index contributed by atoms with van der Waals surface area (Å²) in [5.41, 5.74) is 2.09. The van der Waals surface area contributed by atoms with Gasteiger partial charge in [-0.2, -0.15) is 0 Å². The van der Waals surface area contributed by atoms with E-state index in [9.17, 15) is 9.18 Å². The largest absolute Gasteiger partial charge is 0.379 e. The number of halogens is 1. The molecule has 28 heavy (non-hydrogen) atoms. The van der Waals surface area contributed by atoms with Crippen molar-refractivity contribution in [2.45, 2.75) is 18.8 Å². The zero-order valence-electron chi connectivity index (χ0n) is 16.0. The molecule has 4 rings (SSSR count). The third kappa shape index (κ3) is 4.39. The van der Waals surface area contributed by atoms with Crippen molar-refractivity contribution in [2.24, 2.45) is 0 Å². The van der Waals surface area contributed by atoms with Gasteiger partial charge < -0.3 is 9.64 Å². The Hall–Kier alpha value is -2.31. The Balaban J connectivity index is 1.45. The van der Waals surface area contributed by atoms with Crippen LogP contribution < -0.4 is 0 Å². The number of morpholine rings is 1. The van der Waals surface area contributed by atoms with E-state index in [1.54, 1.807) is 12.1 Å². The van der Waals surface area contributed by atoms with Crippen molar-refractivity contribution >= 4 is 5.91 Å². The van der Waals surface area contributed by atoms with Crippen molar-refractivity contribution in [2.75, 3.05) is 45.9 Å². The number of likely N-dealkylation sites (tertiary alicyclic amines) is 1. The van der Waals surface area contributed by atoms with Crippen LogP contribution in [0.15, 0.2) is 42.5 Å². The van der Waals surface area contributed by atoms with Crippen LogP contribution in [-0.4, -0.2) is 66.6 Å². The second-order valence-electron chi connectivity index (χ2n) is 7.49. The summed E-state index contributed by atoms with van der Waals surface area (Å²) < 4.78 is 19.5. The lowest BCUT2D eigenvalue weighted by molar-refractivity contribution is -0.134. The van der Waals surface area contributed by atoms with E-state index in [1.165, 1.54) is 6.07 Å². The van der Waals surface area contributed by atoms with E-state index in [1.807, 2.05) is 29.2 Å². The fourth-order valence-corrected chi connectivity index (χ4v) is 3.99. The van der Waals surface area contributed by atoms with Crippen molar-refractivity contribution < 1.29 is 13.9 Å². The molecule has 148 valence electrons. The molecule has 0 bridgehead atoms. The second kappa shape index (κ2) is 8.80. The average molecular weight is 383 g/mol. The predicted octanol–water partition coefficient (Wildman–Crippen LogP) is 2.93. The Bertz CT molecular complexity index is 823. The van der Waals surface area contributed by atoms with Crippen LogP contribution in [0.3, 0.4) is 0 Å². The normalized spacial score (nSPS) is 20.9. The van der Waals surface area contributed by atoms with Gasteiger partial charge in [0.05, 0.1) is 25.5 Å². The van der Waals surface area contributed by atoms with E-state index in [0.717, 1.165) is 38.2 Å². The summed E-state index contributed by atoms with van der Waals surface area (Å²) in [5, 5.41) is 0.